The van der Waals surface area contributed by atoms with Crippen LogP contribution >= 0.6 is 0 Å². The molecular formula is C13H22N4O. The molecule has 1 fully saturated rings. The van der Waals surface area contributed by atoms with E-state index in [4.69, 9.17) is 4.74 Å². The summed E-state index contributed by atoms with van der Waals surface area (Å²) in [5.74, 6) is 0. The fraction of sp³-hybridized carbons (Fsp3) is 0.692. The molecule has 1 aromatic heterocycles. The average molecular weight is 250 g/mol. The molecule has 5 heteroatoms. The molecule has 0 saturated heterocycles. The summed E-state index contributed by atoms with van der Waals surface area (Å²) in [6, 6.07) is 1.55. The van der Waals surface area contributed by atoms with Crippen LogP contribution in [-0.4, -0.2) is 36.2 Å². The van der Waals surface area contributed by atoms with Crippen LogP contribution in [0.15, 0.2) is 12.4 Å². The van der Waals surface area contributed by atoms with Crippen molar-refractivity contribution in [3.05, 3.63) is 18.0 Å². The van der Waals surface area contributed by atoms with Crippen molar-refractivity contribution in [3.8, 4) is 6.01 Å². The van der Waals surface area contributed by atoms with Gasteiger partial charge in [0.1, 0.15) is 0 Å². The van der Waals surface area contributed by atoms with Crippen LogP contribution in [-0.2, 0) is 6.54 Å². The molecule has 1 aliphatic carbocycles. The van der Waals surface area contributed by atoms with E-state index in [0.29, 0.717) is 18.1 Å². The van der Waals surface area contributed by atoms with Gasteiger partial charge in [0.2, 0.25) is 0 Å². The standard InChI is InChI=1S/C13H22N4O/c1-14-11-5-3-4-6-12(11)15-7-10-8-16-13(18-2)17-9-10/h8-9,11-12,14-15H,3-7H2,1-2H3. The van der Waals surface area contributed by atoms with Gasteiger partial charge in [-0.1, -0.05) is 12.8 Å². The Morgan fingerprint density at radius 1 is 1.22 bits per heavy atom. The smallest absolute Gasteiger partial charge is 0.316 e. The number of hydrogen-bond acceptors (Lipinski definition) is 5. The lowest BCUT2D eigenvalue weighted by molar-refractivity contribution is 0.294. The molecule has 0 bridgehead atoms. The lowest BCUT2D eigenvalue weighted by atomic mass is 9.90. The third-order valence-corrected chi connectivity index (χ3v) is 3.57. The molecule has 1 heterocycles. The van der Waals surface area contributed by atoms with Gasteiger partial charge in [0.05, 0.1) is 7.11 Å². The van der Waals surface area contributed by atoms with Crippen molar-refractivity contribution in [2.45, 2.75) is 44.3 Å². The van der Waals surface area contributed by atoms with E-state index >= 15 is 0 Å². The molecule has 18 heavy (non-hydrogen) atoms. The second-order valence-electron chi connectivity index (χ2n) is 4.75. The highest BCUT2D eigenvalue weighted by Crippen LogP contribution is 2.18. The van der Waals surface area contributed by atoms with Crippen LogP contribution in [0.4, 0.5) is 0 Å². The topological polar surface area (TPSA) is 59.1 Å². The molecular weight excluding hydrogens is 228 g/mol. The van der Waals surface area contributed by atoms with Crippen molar-refractivity contribution in [2.75, 3.05) is 14.2 Å². The molecule has 0 spiro atoms. The van der Waals surface area contributed by atoms with E-state index in [1.165, 1.54) is 25.7 Å². The van der Waals surface area contributed by atoms with Crippen LogP contribution in [0.1, 0.15) is 31.2 Å². The van der Waals surface area contributed by atoms with Crippen LogP contribution in [0.3, 0.4) is 0 Å². The first-order chi connectivity index (χ1) is 8.83. The number of rotatable bonds is 5. The van der Waals surface area contributed by atoms with E-state index in [1.54, 1.807) is 7.11 Å². The Morgan fingerprint density at radius 2 is 1.89 bits per heavy atom. The summed E-state index contributed by atoms with van der Waals surface area (Å²) in [6.45, 7) is 0.812. The van der Waals surface area contributed by atoms with Gasteiger partial charge in [0, 0.05) is 36.6 Å². The van der Waals surface area contributed by atoms with Gasteiger partial charge in [-0.05, 0) is 19.9 Å². The third kappa shape index (κ3) is 3.40. The third-order valence-electron chi connectivity index (χ3n) is 3.57. The fourth-order valence-electron chi connectivity index (χ4n) is 2.51. The predicted octanol–water partition coefficient (Wildman–Crippen LogP) is 1.11. The SMILES string of the molecule is CNC1CCCCC1NCc1cnc(OC)nc1. The molecule has 100 valence electrons. The molecule has 2 N–H and O–H groups in total. The number of hydrogen-bond donors (Lipinski definition) is 2. The Morgan fingerprint density at radius 3 is 2.50 bits per heavy atom. The van der Waals surface area contributed by atoms with E-state index in [0.717, 1.165) is 12.1 Å². The maximum absolute atomic E-state index is 4.95. The van der Waals surface area contributed by atoms with Crippen molar-refractivity contribution in [2.24, 2.45) is 0 Å². The minimum atomic E-state index is 0.421. The highest BCUT2D eigenvalue weighted by Gasteiger charge is 2.22. The summed E-state index contributed by atoms with van der Waals surface area (Å²) < 4.78 is 4.95. The molecule has 2 unspecified atom stereocenters. The summed E-state index contributed by atoms with van der Waals surface area (Å²) in [5, 5.41) is 6.99. The second-order valence-corrected chi connectivity index (χ2v) is 4.75. The van der Waals surface area contributed by atoms with E-state index in [-0.39, 0.29) is 0 Å². The molecule has 0 aliphatic heterocycles. The summed E-state index contributed by atoms with van der Waals surface area (Å²) in [6.07, 6.45) is 8.77. The minimum Gasteiger partial charge on any atom is -0.467 e. The Balaban J connectivity index is 1.85. The Hall–Kier alpha value is -1.20. The first-order valence-electron chi connectivity index (χ1n) is 6.59. The van der Waals surface area contributed by atoms with Crippen molar-refractivity contribution in [1.29, 1.82) is 0 Å². The molecule has 1 aromatic rings. The van der Waals surface area contributed by atoms with Gasteiger partial charge in [-0.15, -0.1) is 0 Å². The van der Waals surface area contributed by atoms with Crippen LogP contribution in [0.5, 0.6) is 6.01 Å². The summed E-state index contributed by atoms with van der Waals surface area (Å²) in [4.78, 5) is 8.22. The van der Waals surface area contributed by atoms with Gasteiger partial charge in [-0.25, -0.2) is 9.97 Å². The number of nitrogens with zero attached hydrogens (tertiary/aromatic N) is 2. The van der Waals surface area contributed by atoms with Crippen LogP contribution < -0.4 is 15.4 Å². The van der Waals surface area contributed by atoms with Crippen molar-refractivity contribution < 1.29 is 4.74 Å². The summed E-state index contributed by atoms with van der Waals surface area (Å²) >= 11 is 0. The molecule has 5 nitrogen and oxygen atoms in total. The van der Waals surface area contributed by atoms with Gasteiger partial charge in [0.25, 0.3) is 0 Å². The van der Waals surface area contributed by atoms with Gasteiger partial charge >= 0.3 is 6.01 Å². The molecule has 2 rings (SSSR count). The first-order valence-corrected chi connectivity index (χ1v) is 6.59. The van der Waals surface area contributed by atoms with Gasteiger partial charge < -0.3 is 15.4 Å². The van der Waals surface area contributed by atoms with Gasteiger partial charge in [-0.2, -0.15) is 0 Å². The number of aromatic nitrogens is 2. The largest absolute Gasteiger partial charge is 0.467 e. The maximum atomic E-state index is 4.95. The van der Waals surface area contributed by atoms with Crippen LogP contribution in [0.2, 0.25) is 0 Å². The zero-order chi connectivity index (χ0) is 12.8. The zero-order valence-electron chi connectivity index (χ0n) is 11.1. The van der Waals surface area contributed by atoms with E-state index in [1.807, 2.05) is 19.4 Å². The lowest BCUT2D eigenvalue weighted by Gasteiger charge is -2.32. The summed E-state index contributed by atoms with van der Waals surface area (Å²) in [5.41, 5.74) is 1.09. The predicted molar refractivity (Wildman–Crippen MR) is 70.5 cm³/mol. The molecule has 0 amide bonds. The number of likely N-dealkylation sites (N-methyl/N-ethyl adjacent to an activating group) is 1. The Bertz CT molecular complexity index is 355. The number of methoxy groups -OCH3 is 1. The highest BCUT2D eigenvalue weighted by molar-refractivity contribution is 5.07. The Kier molecular flexibility index (Phi) is 4.90. The second kappa shape index (κ2) is 6.66. The normalized spacial score (nSPS) is 23.9. The Labute approximate surface area is 108 Å². The molecule has 1 aliphatic rings. The monoisotopic (exact) mass is 250 g/mol. The van der Waals surface area contributed by atoms with E-state index in [9.17, 15) is 0 Å². The number of nitrogens with one attached hydrogen (secondary N) is 2. The van der Waals surface area contributed by atoms with Crippen LogP contribution in [0.25, 0.3) is 0 Å². The lowest BCUT2D eigenvalue weighted by Crippen LogP contribution is -2.48. The van der Waals surface area contributed by atoms with Crippen molar-refractivity contribution >= 4 is 0 Å². The molecule has 2 atom stereocenters. The highest BCUT2D eigenvalue weighted by atomic mass is 16.5. The maximum Gasteiger partial charge on any atom is 0.316 e. The quantitative estimate of drug-likeness (QED) is 0.819. The zero-order valence-corrected chi connectivity index (χ0v) is 11.1. The number of ether oxygens (including phenoxy) is 1. The fourth-order valence-corrected chi connectivity index (χ4v) is 2.51. The van der Waals surface area contributed by atoms with E-state index < -0.39 is 0 Å². The van der Waals surface area contributed by atoms with Crippen molar-refractivity contribution in [1.82, 2.24) is 20.6 Å². The first kappa shape index (κ1) is 13.2. The average Bonchev–Trinajstić information content (AvgIpc) is 2.46. The molecule has 1 saturated carbocycles. The molecule has 0 aromatic carbocycles. The van der Waals surface area contributed by atoms with E-state index in [2.05, 4.69) is 20.6 Å². The summed E-state index contributed by atoms with van der Waals surface area (Å²) in [7, 11) is 3.62. The van der Waals surface area contributed by atoms with Gasteiger partial charge in [0.15, 0.2) is 0 Å². The minimum absolute atomic E-state index is 0.421. The van der Waals surface area contributed by atoms with Crippen LogP contribution in [0, 0.1) is 0 Å². The van der Waals surface area contributed by atoms with Crippen molar-refractivity contribution in [3.63, 3.8) is 0 Å². The molecule has 0 radical (unpaired) electrons. The van der Waals surface area contributed by atoms with Gasteiger partial charge in [-0.3, -0.25) is 0 Å².